The number of amides is 2. The lowest BCUT2D eigenvalue weighted by atomic mass is 10.1. The molecule has 0 radical (unpaired) electrons. The Kier molecular flexibility index (Phi) is 3.28. The van der Waals surface area contributed by atoms with E-state index in [0.29, 0.717) is 11.3 Å². The van der Waals surface area contributed by atoms with E-state index in [2.05, 4.69) is 21.2 Å². The van der Waals surface area contributed by atoms with Gasteiger partial charge in [-0.05, 0) is 24.3 Å². The van der Waals surface area contributed by atoms with E-state index in [1.807, 2.05) is 12.1 Å². The summed E-state index contributed by atoms with van der Waals surface area (Å²) in [6, 6.07) is 5.48. The van der Waals surface area contributed by atoms with Crippen molar-refractivity contribution in [3.63, 3.8) is 0 Å². The number of carbonyl (C=O) groups excluding carboxylic acids is 2. The summed E-state index contributed by atoms with van der Waals surface area (Å²) in [5, 5.41) is 2.24. The number of ether oxygens (including phenoxy) is 1. The molecule has 0 unspecified atom stereocenters. The van der Waals surface area contributed by atoms with Crippen molar-refractivity contribution < 1.29 is 14.3 Å². The number of carbonyl (C=O) groups is 2. The number of imide groups is 1. The summed E-state index contributed by atoms with van der Waals surface area (Å²) < 4.78 is 6.07. The van der Waals surface area contributed by atoms with Gasteiger partial charge in [0.1, 0.15) is 5.75 Å². The Morgan fingerprint density at radius 2 is 2.18 bits per heavy atom. The van der Waals surface area contributed by atoms with Gasteiger partial charge in [-0.25, -0.2) is 0 Å². The van der Waals surface area contributed by atoms with E-state index in [9.17, 15) is 9.59 Å². The third-order valence-electron chi connectivity index (χ3n) is 2.42. The molecule has 0 atom stereocenters. The summed E-state index contributed by atoms with van der Waals surface area (Å²) in [6.07, 6.45) is 1.79. The molecule has 4 nitrogen and oxygen atoms in total. The van der Waals surface area contributed by atoms with Crippen LogP contribution in [0.4, 0.5) is 0 Å². The zero-order chi connectivity index (χ0) is 12.4. The van der Waals surface area contributed by atoms with Gasteiger partial charge in [0.15, 0.2) is 0 Å². The van der Waals surface area contributed by atoms with Crippen molar-refractivity contribution >= 4 is 33.8 Å². The number of benzene rings is 1. The van der Waals surface area contributed by atoms with Gasteiger partial charge in [-0.3, -0.25) is 14.9 Å². The van der Waals surface area contributed by atoms with Gasteiger partial charge in [0, 0.05) is 15.6 Å². The molecule has 1 aliphatic rings. The van der Waals surface area contributed by atoms with Crippen molar-refractivity contribution in [1.82, 2.24) is 5.32 Å². The molecule has 17 heavy (non-hydrogen) atoms. The van der Waals surface area contributed by atoms with Crippen LogP contribution >= 0.6 is 15.9 Å². The van der Waals surface area contributed by atoms with E-state index in [1.165, 1.54) is 0 Å². The summed E-state index contributed by atoms with van der Waals surface area (Å²) in [6.45, 7) is 0. The predicted octanol–water partition coefficient (Wildman–Crippen LogP) is 1.89. The number of hydrogen-bond acceptors (Lipinski definition) is 3. The van der Waals surface area contributed by atoms with Crippen LogP contribution < -0.4 is 10.1 Å². The van der Waals surface area contributed by atoms with Gasteiger partial charge >= 0.3 is 0 Å². The van der Waals surface area contributed by atoms with Gasteiger partial charge in [-0.1, -0.05) is 15.9 Å². The fourth-order valence-electron chi connectivity index (χ4n) is 1.63. The highest BCUT2D eigenvalue weighted by Crippen LogP contribution is 2.26. The summed E-state index contributed by atoms with van der Waals surface area (Å²) >= 11 is 3.35. The third-order valence-corrected chi connectivity index (χ3v) is 2.91. The number of halogens is 1. The number of nitrogens with one attached hydrogen (secondary N) is 1. The van der Waals surface area contributed by atoms with Crippen molar-refractivity contribution in [2.75, 3.05) is 7.11 Å². The Balaban J connectivity index is 2.41. The van der Waals surface area contributed by atoms with Crippen LogP contribution in [0.5, 0.6) is 5.75 Å². The smallest absolute Gasteiger partial charge is 0.254 e. The molecule has 1 aromatic rings. The van der Waals surface area contributed by atoms with Gasteiger partial charge < -0.3 is 4.74 Å². The first-order valence-electron chi connectivity index (χ1n) is 4.98. The second-order valence-corrected chi connectivity index (χ2v) is 4.53. The minimum absolute atomic E-state index is 0.120. The van der Waals surface area contributed by atoms with Crippen molar-refractivity contribution in [3.8, 4) is 5.75 Å². The Hall–Kier alpha value is -1.62. The van der Waals surface area contributed by atoms with Gasteiger partial charge in [-0.2, -0.15) is 0 Å². The lowest BCUT2D eigenvalue weighted by molar-refractivity contribution is -0.124. The normalized spacial score (nSPS) is 17.4. The zero-order valence-electron chi connectivity index (χ0n) is 9.12. The monoisotopic (exact) mass is 295 g/mol. The maximum Gasteiger partial charge on any atom is 0.254 e. The number of rotatable bonds is 2. The van der Waals surface area contributed by atoms with Crippen molar-refractivity contribution in [2.45, 2.75) is 6.42 Å². The van der Waals surface area contributed by atoms with Crippen molar-refractivity contribution in [1.29, 1.82) is 0 Å². The van der Waals surface area contributed by atoms with Crippen LogP contribution in [0, 0.1) is 0 Å². The van der Waals surface area contributed by atoms with Crippen LogP contribution in [0.25, 0.3) is 6.08 Å². The summed E-state index contributed by atoms with van der Waals surface area (Å²) in [5.74, 6) is 0.0556. The Bertz CT molecular complexity index is 522. The molecular formula is C12H10BrNO3. The maximum atomic E-state index is 11.4. The van der Waals surface area contributed by atoms with Gasteiger partial charge in [0.2, 0.25) is 5.91 Å². The van der Waals surface area contributed by atoms with E-state index >= 15 is 0 Å². The molecule has 0 aromatic heterocycles. The minimum Gasteiger partial charge on any atom is -0.496 e. The molecule has 0 saturated carbocycles. The van der Waals surface area contributed by atoms with Crippen molar-refractivity contribution in [3.05, 3.63) is 33.8 Å². The quantitative estimate of drug-likeness (QED) is 0.670. The lowest BCUT2D eigenvalue weighted by Gasteiger charge is -2.05. The number of methoxy groups -OCH3 is 1. The van der Waals surface area contributed by atoms with Crippen LogP contribution in [0.3, 0.4) is 0 Å². The van der Waals surface area contributed by atoms with E-state index in [4.69, 9.17) is 4.74 Å². The minimum atomic E-state index is -0.336. The van der Waals surface area contributed by atoms with Gasteiger partial charge in [0.05, 0.1) is 13.5 Å². The predicted molar refractivity (Wildman–Crippen MR) is 66.4 cm³/mol. The van der Waals surface area contributed by atoms with E-state index in [-0.39, 0.29) is 18.2 Å². The lowest BCUT2D eigenvalue weighted by Crippen LogP contribution is -2.19. The second-order valence-electron chi connectivity index (χ2n) is 3.61. The Morgan fingerprint density at radius 3 is 2.76 bits per heavy atom. The van der Waals surface area contributed by atoms with Gasteiger partial charge in [-0.15, -0.1) is 0 Å². The van der Waals surface area contributed by atoms with E-state index in [1.54, 1.807) is 19.3 Å². The molecule has 1 aliphatic heterocycles. The molecule has 1 saturated heterocycles. The molecular weight excluding hydrogens is 286 g/mol. The summed E-state index contributed by atoms with van der Waals surface area (Å²) in [5.41, 5.74) is 1.22. The number of hydrogen-bond donors (Lipinski definition) is 1. The van der Waals surface area contributed by atoms with Crippen LogP contribution in [-0.4, -0.2) is 18.9 Å². The first-order chi connectivity index (χ1) is 8.10. The molecule has 1 heterocycles. The molecule has 1 aromatic carbocycles. The van der Waals surface area contributed by atoms with E-state index < -0.39 is 0 Å². The molecule has 88 valence electrons. The SMILES string of the molecule is COc1ccc(Br)cc1/C=C1\CC(=O)NC1=O. The topological polar surface area (TPSA) is 55.4 Å². The fraction of sp³-hybridized carbons (Fsp3) is 0.167. The molecule has 5 heteroatoms. The van der Waals surface area contributed by atoms with Crippen LogP contribution in [-0.2, 0) is 9.59 Å². The van der Waals surface area contributed by atoms with Crippen LogP contribution in [0.2, 0.25) is 0 Å². The van der Waals surface area contributed by atoms with Crippen molar-refractivity contribution in [2.24, 2.45) is 0 Å². The average molecular weight is 296 g/mol. The fourth-order valence-corrected chi connectivity index (χ4v) is 2.01. The maximum absolute atomic E-state index is 11.4. The standard InChI is InChI=1S/C12H10BrNO3/c1-17-10-3-2-9(13)5-7(10)4-8-6-11(15)14-12(8)16/h2-5H,6H2,1H3,(H,14,15,16)/b8-4+. The highest BCUT2D eigenvalue weighted by atomic mass is 79.9. The summed E-state index contributed by atoms with van der Waals surface area (Å²) in [4.78, 5) is 22.5. The van der Waals surface area contributed by atoms with Crippen LogP contribution in [0.1, 0.15) is 12.0 Å². The zero-order valence-corrected chi connectivity index (χ0v) is 10.7. The first kappa shape index (κ1) is 11.9. The second kappa shape index (κ2) is 4.71. The van der Waals surface area contributed by atoms with Gasteiger partial charge in [0.25, 0.3) is 5.91 Å². The summed E-state index contributed by atoms with van der Waals surface area (Å²) in [7, 11) is 1.56. The first-order valence-corrected chi connectivity index (χ1v) is 5.78. The molecule has 1 N–H and O–H groups in total. The Morgan fingerprint density at radius 1 is 1.41 bits per heavy atom. The molecule has 2 amide bonds. The average Bonchev–Trinajstić information content (AvgIpc) is 2.58. The molecule has 2 rings (SSSR count). The molecule has 0 aliphatic carbocycles. The molecule has 0 bridgehead atoms. The highest BCUT2D eigenvalue weighted by molar-refractivity contribution is 9.10. The third kappa shape index (κ3) is 2.55. The van der Waals surface area contributed by atoms with E-state index in [0.717, 1.165) is 10.0 Å². The molecule has 1 fully saturated rings. The molecule has 0 spiro atoms. The highest BCUT2D eigenvalue weighted by Gasteiger charge is 2.23. The Labute approximate surface area is 107 Å². The van der Waals surface area contributed by atoms with Crippen LogP contribution in [0.15, 0.2) is 28.2 Å². The largest absolute Gasteiger partial charge is 0.496 e.